The molecule has 1 heterocycles. The summed E-state index contributed by atoms with van der Waals surface area (Å²) in [7, 11) is 1.57. The Morgan fingerprint density at radius 1 is 1.50 bits per heavy atom. The van der Waals surface area contributed by atoms with Crippen LogP contribution in [0.4, 0.5) is 0 Å². The molecule has 5 nitrogen and oxygen atoms in total. The summed E-state index contributed by atoms with van der Waals surface area (Å²) >= 11 is 0. The van der Waals surface area contributed by atoms with Crippen LogP contribution in [0, 0.1) is 6.92 Å². The van der Waals surface area contributed by atoms with Crippen LogP contribution >= 0.6 is 0 Å². The smallest absolute Gasteiger partial charge is 0.352 e. The lowest BCUT2D eigenvalue weighted by atomic mass is 10.0. The first kappa shape index (κ1) is 12.4. The fourth-order valence-corrected chi connectivity index (χ4v) is 2.20. The van der Waals surface area contributed by atoms with Gasteiger partial charge in [-0.1, -0.05) is 0 Å². The Hall–Kier alpha value is -2.01. The van der Waals surface area contributed by atoms with Gasteiger partial charge in [0.25, 0.3) is 0 Å². The van der Waals surface area contributed by atoms with E-state index in [0.717, 1.165) is 16.5 Å². The van der Waals surface area contributed by atoms with Gasteiger partial charge < -0.3 is 20.6 Å². The Labute approximate surface area is 105 Å². The average Bonchev–Trinajstić information content (AvgIpc) is 2.68. The van der Waals surface area contributed by atoms with Crippen molar-refractivity contribution in [2.24, 2.45) is 5.73 Å². The standard InChI is InChI=1S/C13H16N2O3/c1-7-5-9-8(3-4-14)12(13(16)17)15-11(9)10(6-7)18-2/h5-6,15H,3-4,14H2,1-2H3,(H,16,17). The van der Waals surface area contributed by atoms with Gasteiger partial charge in [-0.3, -0.25) is 0 Å². The van der Waals surface area contributed by atoms with Crippen LogP contribution in [0.2, 0.25) is 0 Å². The van der Waals surface area contributed by atoms with Crippen molar-refractivity contribution in [1.82, 2.24) is 4.98 Å². The zero-order chi connectivity index (χ0) is 13.3. The van der Waals surface area contributed by atoms with Gasteiger partial charge in [0, 0.05) is 5.39 Å². The summed E-state index contributed by atoms with van der Waals surface area (Å²) in [6, 6.07) is 3.82. The van der Waals surface area contributed by atoms with Crippen molar-refractivity contribution in [2.45, 2.75) is 13.3 Å². The highest BCUT2D eigenvalue weighted by Crippen LogP contribution is 2.31. The van der Waals surface area contributed by atoms with Gasteiger partial charge in [-0.25, -0.2) is 4.79 Å². The first-order valence-electron chi connectivity index (χ1n) is 5.71. The molecule has 1 aromatic heterocycles. The largest absolute Gasteiger partial charge is 0.495 e. The number of hydrogen-bond donors (Lipinski definition) is 3. The molecule has 0 saturated heterocycles. The second-order valence-corrected chi connectivity index (χ2v) is 4.21. The van der Waals surface area contributed by atoms with Crippen molar-refractivity contribution in [3.63, 3.8) is 0 Å². The second kappa shape index (κ2) is 4.70. The summed E-state index contributed by atoms with van der Waals surface area (Å²) in [4.78, 5) is 14.2. The minimum absolute atomic E-state index is 0.194. The van der Waals surface area contributed by atoms with E-state index >= 15 is 0 Å². The number of carbonyl (C=O) groups is 1. The molecule has 0 atom stereocenters. The predicted molar refractivity (Wildman–Crippen MR) is 69.3 cm³/mol. The van der Waals surface area contributed by atoms with E-state index in [1.54, 1.807) is 7.11 Å². The first-order chi connectivity index (χ1) is 8.58. The number of aromatic carboxylic acids is 1. The van der Waals surface area contributed by atoms with Gasteiger partial charge in [0.2, 0.25) is 0 Å². The quantitative estimate of drug-likeness (QED) is 0.768. The summed E-state index contributed by atoms with van der Waals surface area (Å²) in [6.07, 6.45) is 0.522. The SMILES string of the molecule is COc1cc(C)cc2c(CCN)c(C(=O)O)[nH]c12. The molecule has 5 heteroatoms. The summed E-state index contributed by atoms with van der Waals surface area (Å²) in [5, 5.41) is 10.1. The van der Waals surface area contributed by atoms with E-state index in [-0.39, 0.29) is 5.69 Å². The van der Waals surface area contributed by atoms with Gasteiger partial charge in [0.15, 0.2) is 0 Å². The number of hydrogen-bond acceptors (Lipinski definition) is 3. The fraction of sp³-hybridized carbons (Fsp3) is 0.308. The molecule has 2 rings (SSSR count). The number of rotatable bonds is 4. The topological polar surface area (TPSA) is 88.3 Å². The number of aryl methyl sites for hydroxylation is 1. The van der Waals surface area contributed by atoms with Gasteiger partial charge in [0.05, 0.1) is 12.6 Å². The van der Waals surface area contributed by atoms with Gasteiger partial charge in [-0.15, -0.1) is 0 Å². The van der Waals surface area contributed by atoms with E-state index < -0.39 is 5.97 Å². The molecule has 0 amide bonds. The number of aromatic nitrogens is 1. The van der Waals surface area contributed by atoms with Gasteiger partial charge in [0.1, 0.15) is 11.4 Å². The molecule has 0 saturated carbocycles. The minimum atomic E-state index is -0.977. The Morgan fingerprint density at radius 2 is 2.22 bits per heavy atom. The highest BCUT2D eigenvalue weighted by molar-refractivity contribution is 5.99. The van der Waals surface area contributed by atoms with Crippen LogP contribution in [0.25, 0.3) is 10.9 Å². The molecule has 0 bridgehead atoms. The highest BCUT2D eigenvalue weighted by atomic mass is 16.5. The van der Waals surface area contributed by atoms with Crippen LogP contribution in [0.5, 0.6) is 5.75 Å². The maximum Gasteiger partial charge on any atom is 0.352 e. The number of benzene rings is 1. The third kappa shape index (κ3) is 1.93. The summed E-state index contributed by atoms with van der Waals surface area (Å²) in [5.41, 5.74) is 8.22. The molecule has 0 fully saturated rings. The van der Waals surface area contributed by atoms with Gasteiger partial charge in [-0.05, 0) is 43.1 Å². The van der Waals surface area contributed by atoms with Crippen LogP contribution in [-0.4, -0.2) is 29.7 Å². The molecule has 0 radical (unpaired) electrons. The van der Waals surface area contributed by atoms with Crippen LogP contribution in [0.1, 0.15) is 21.6 Å². The van der Waals surface area contributed by atoms with Crippen molar-refractivity contribution in [3.05, 3.63) is 29.0 Å². The van der Waals surface area contributed by atoms with Crippen molar-refractivity contribution >= 4 is 16.9 Å². The van der Waals surface area contributed by atoms with E-state index in [9.17, 15) is 9.90 Å². The average molecular weight is 248 g/mol. The Balaban J connectivity index is 2.79. The number of nitrogens with one attached hydrogen (secondary N) is 1. The molecule has 4 N–H and O–H groups in total. The molecule has 2 aromatic rings. The van der Waals surface area contributed by atoms with E-state index in [4.69, 9.17) is 10.5 Å². The van der Waals surface area contributed by atoms with Crippen LogP contribution in [0.3, 0.4) is 0 Å². The maximum absolute atomic E-state index is 11.2. The summed E-state index contributed by atoms with van der Waals surface area (Å²) < 4.78 is 5.28. The molecular weight excluding hydrogens is 232 g/mol. The summed E-state index contributed by atoms with van der Waals surface area (Å²) in [6.45, 7) is 2.35. The molecule has 1 aromatic carbocycles. The molecule has 0 aliphatic carbocycles. The predicted octanol–water partition coefficient (Wildman–Crippen LogP) is 1.68. The number of carboxylic acids is 1. The number of methoxy groups -OCH3 is 1. The van der Waals surface area contributed by atoms with Crippen LogP contribution in [-0.2, 0) is 6.42 Å². The lowest BCUT2D eigenvalue weighted by Gasteiger charge is -2.04. The lowest BCUT2D eigenvalue weighted by Crippen LogP contribution is -2.07. The molecule has 0 aliphatic heterocycles. The Kier molecular flexibility index (Phi) is 3.25. The third-order valence-corrected chi connectivity index (χ3v) is 2.95. The van der Waals surface area contributed by atoms with E-state index in [1.807, 2.05) is 19.1 Å². The normalized spacial score (nSPS) is 10.8. The maximum atomic E-state index is 11.2. The van der Waals surface area contributed by atoms with Crippen LogP contribution < -0.4 is 10.5 Å². The number of ether oxygens (including phenoxy) is 1. The summed E-state index contributed by atoms with van der Waals surface area (Å²) in [5.74, 6) is -0.329. The Morgan fingerprint density at radius 3 is 2.78 bits per heavy atom. The first-order valence-corrected chi connectivity index (χ1v) is 5.71. The third-order valence-electron chi connectivity index (χ3n) is 2.95. The zero-order valence-corrected chi connectivity index (χ0v) is 10.4. The van der Waals surface area contributed by atoms with Crippen molar-refractivity contribution in [2.75, 3.05) is 13.7 Å². The molecule has 0 spiro atoms. The Bertz CT molecular complexity index is 602. The van der Waals surface area contributed by atoms with E-state index in [2.05, 4.69) is 4.98 Å². The molecule has 0 aliphatic rings. The molecule has 0 unspecified atom stereocenters. The number of nitrogens with two attached hydrogens (primary N) is 1. The van der Waals surface area contributed by atoms with Crippen LogP contribution in [0.15, 0.2) is 12.1 Å². The number of fused-ring (bicyclic) bond motifs is 1. The molecule has 96 valence electrons. The molecular formula is C13H16N2O3. The van der Waals surface area contributed by atoms with Gasteiger partial charge in [-0.2, -0.15) is 0 Å². The number of aromatic amines is 1. The lowest BCUT2D eigenvalue weighted by molar-refractivity contribution is 0.0690. The fourth-order valence-electron chi connectivity index (χ4n) is 2.20. The van der Waals surface area contributed by atoms with Crippen molar-refractivity contribution in [1.29, 1.82) is 0 Å². The zero-order valence-electron chi connectivity index (χ0n) is 10.4. The highest BCUT2D eigenvalue weighted by Gasteiger charge is 2.18. The number of carboxylic acid groups (broad SMARTS) is 1. The van der Waals surface area contributed by atoms with Crippen molar-refractivity contribution in [3.8, 4) is 5.75 Å². The molecule has 18 heavy (non-hydrogen) atoms. The second-order valence-electron chi connectivity index (χ2n) is 4.21. The number of H-pyrrole nitrogens is 1. The monoisotopic (exact) mass is 248 g/mol. The van der Waals surface area contributed by atoms with E-state index in [1.165, 1.54) is 0 Å². The van der Waals surface area contributed by atoms with E-state index in [0.29, 0.717) is 24.2 Å². The minimum Gasteiger partial charge on any atom is -0.495 e. The van der Waals surface area contributed by atoms with Gasteiger partial charge >= 0.3 is 5.97 Å². The van der Waals surface area contributed by atoms with Crippen molar-refractivity contribution < 1.29 is 14.6 Å².